The van der Waals surface area contributed by atoms with Gasteiger partial charge in [-0.05, 0) is 32.9 Å². The van der Waals surface area contributed by atoms with E-state index in [1.165, 1.54) is 0 Å². The Hall–Kier alpha value is -1.81. The van der Waals surface area contributed by atoms with E-state index in [2.05, 4.69) is 9.97 Å². The van der Waals surface area contributed by atoms with Crippen LogP contribution in [0.5, 0.6) is 17.4 Å². The van der Waals surface area contributed by atoms with Gasteiger partial charge in [-0.2, -0.15) is 0 Å². The predicted octanol–water partition coefficient (Wildman–Crippen LogP) is 3.94. The van der Waals surface area contributed by atoms with Crippen LogP contribution in [0.1, 0.15) is 18.3 Å². The highest BCUT2D eigenvalue weighted by Crippen LogP contribution is 2.28. The van der Waals surface area contributed by atoms with Gasteiger partial charge in [-0.1, -0.05) is 17.7 Å². The molecule has 0 fully saturated rings. The Bertz CT molecular complexity index is 588. The van der Waals surface area contributed by atoms with Crippen LogP contribution in [-0.2, 0) is 0 Å². The minimum absolute atomic E-state index is 0.255. The molecule has 2 rings (SSSR count). The largest absolute Gasteiger partial charge is 0.494 e. The molecule has 0 saturated carbocycles. The molecule has 2 aromatic rings. The Balaban J connectivity index is 2.25. The van der Waals surface area contributed by atoms with Gasteiger partial charge in [0.05, 0.1) is 18.0 Å². The summed E-state index contributed by atoms with van der Waals surface area (Å²) < 4.78 is 11.1. The highest BCUT2D eigenvalue weighted by molar-refractivity contribution is 6.30. The molecule has 4 nitrogen and oxygen atoms in total. The minimum atomic E-state index is 0.255. The average Bonchev–Trinajstić information content (AvgIpc) is 2.37. The fourth-order valence-electron chi connectivity index (χ4n) is 1.53. The number of ether oxygens (including phenoxy) is 2. The van der Waals surface area contributed by atoms with E-state index in [1.807, 2.05) is 39.0 Å². The number of benzene rings is 1. The van der Waals surface area contributed by atoms with Gasteiger partial charge in [0.2, 0.25) is 0 Å². The topological polar surface area (TPSA) is 44.2 Å². The Labute approximate surface area is 117 Å². The molecule has 0 aliphatic carbocycles. The first-order chi connectivity index (χ1) is 9.10. The quantitative estimate of drug-likeness (QED) is 0.850. The number of aromatic nitrogens is 2. The highest BCUT2D eigenvalue weighted by atomic mass is 35.5. The second kappa shape index (κ2) is 5.89. The van der Waals surface area contributed by atoms with E-state index in [0.717, 1.165) is 17.1 Å². The number of hydrogen-bond acceptors (Lipinski definition) is 4. The van der Waals surface area contributed by atoms with Crippen LogP contribution in [0, 0.1) is 13.8 Å². The van der Waals surface area contributed by atoms with Gasteiger partial charge in [0.1, 0.15) is 11.5 Å². The third kappa shape index (κ3) is 3.35. The smallest absolute Gasteiger partial charge is 0.257 e. The summed E-state index contributed by atoms with van der Waals surface area (Å²) in [6.07, 6.45) is 0. The summed E-state index contributed by atoms with van der Waals surface area (Å²) in [5, 5.41) is 0.255. The van der Waals surface area contributed by atoms with Crippen LogP contribution in [0.2, 0.25) is 5.15 Å². The van der Waals surface area contributed by atoms with Gasteiger partial charge in [0.15, 0.2) is 5.15 Å². The number of halogens is 1. The number of hydrogen-bond donors (Lipinski definition) is 0. The van der Waals surface area contributed by atoms with Gasteiger partial charge in [-0.15, -0.1) is 0 Å². The average molecular weight is 279 g/mol. The summed E-state index contributed by atoms with van der Waals surface area (Å²) in [5.41, 5.74) is 1.58. The lowest BCUT2D eigenvalue weighted by Crippen LogP contribution is -1.97. The van der Waals surface area contributed by atoms with Crippen LogP contribution >= 0.6 is 11.6 Å². The molecule has 1 aromatic heterocycles. The third-order valence-corrected chi connectivity index (χ3v) is 2.81. The van der Waals surface area contributed by atoms with Crippen LogP contribution in [0.15, 0.2) is 24.3 Å². The number of rotatable bonds is 4. The zero-order valence-corrected chi connectivity index (χ0v) is 11.9. The zero-order valence-electron chi connectivity index (χ0n) is 11.1. The van der Waals surface area contributed by atoms with Crippen molar-refractivity contribution in [3.63, 3.8) is 0 Å². The van der Waals surface area contributed by atoms with E-state index in [0.29, 0.717) is 18.2 Å². The Morgan fingerprint density at radius 1 is 1.11 bits per heavy atom. The first-order valence-electron chi connectivity index (χ1n) is 6.01. The van der Waals surface area contributed by atoms with E-state index in [9.17, 15) is 0 Å². The second-order valence-corrected chi connectivity index (χ2v) is 4.36. The molecular weight excluding hydrogens is 264 g/mol. The summed E-state index contributed by atoms with van der Waals surface area (Å²) in [6, 6.07) is 7.32. The molecule has 0 N–H and O–H groups in total. The monoisotopic (exact) mass is 278 g/mol. The molecule has 5 heteroatoms. The Kier molecular flexibility index (Phi) is 4.22. The van der Waals surface area contributed by atoms with Crippen LogP contribution in [0.3, 0.4) is 0 Å². The van der Waals surface area contributed by atoms with E-state index in [-0.39, 0.29) is 5.15 Å². The van der Waals surface area contributed by atoms with Crippen molar-refractivity contribution >= 4 is 11.6 Å². The van der Waals surface area contributed by atoms with E-state index in [4.69, 9.17) is 21.1 Å². The van der Waals surface area contributed by atoms with Crippen molar-refractivity contribution in [2.45, 2.75) is 20.8 Å². The maximum atomic E-state index is 6.02. The van der Waals surface area contributed by atoms with Gasteiger partial charge in [-0.3, -0.25) is 0 Å². The van der Waals surface area contributed by atoms with Crippen molar-refractivity contribution in [3.05, 3.63) is 40.8 Å². The third-order valence-electron chi connectivity index (χ3n) is 2.57. The summed E-state index contributed by atoms with van der Waals surface area (Å²) in [4.78, 5) is 8.46. The molecule has 0 atom stereocenters. The lowest BCUT2D eigenvalue weighted by molar-refractivity contribution is 0.338. The molecule has 0 aliphatic heterocycles. The SMILES string of the molecule is CCOc1cccc(Oc2nc(C)c(C)nc2Cl)c1. The van der Waals surface area contributed by atoms with Gasteiger partial charge in [-0.25, -0.2) is 9.97 Å². The van der Waals surface area contributed by atoms with Crippen LogP contribution in [0.4, 0.5) is 0 Å². The fraction of sp³-hybridized carbons (Fsp3) is 0.286. The lowest BCUT2D eigenvalue weighted by Gasteiger charge is -2.09. The molecule has 0 saturated heterocycles. The number of nitrogens with zero attached hydrogens (tertiary/aromatic N) is 2. The molecule has 19 heavy (non-hydrogen) atoms. The molecule has 100 valence electrons. The van der Waals surface area contributed by atoms with Crippen LogP contribution in [0.25, 0.3) is 0 Å². The van der Waals surface area contributed by atoms with Gasteiger partial charge >= 0.3 is 0 Å². The molecular formula is C14H15ClN2O2. The van der Waals surface area contributed by atoms with Crippen LogP contribution < -0.4 is 9.47 Å². The molecule has 1 aromatic carbocycles. The molecule has 0 unspecified atom stereocenters. The van der Waals surface area contributed by atoms with E-state index in [1.54, 1.807) is 6.07 Å². The number of aryl methyl sites for hydroxylation is 2. The normalized spacial score (nSPS) is 10.3. The minimum Gasteiger partial charge on any atom is -0.494 e. The molecule has 0 radical (unpaired) electrons. The summed E-state index contributed by atoms with van der Waals surface area (Å²) in [5.74, 6) is 1.66. The first-order valence-corrected chi connectivity index (χ1v) is 6.39. The fourth-order valence-corrected chi connectivity index (χ4v) is 1.73. The van der Waals surface area contributed by atoms with E-state index < -0.39 is 0 Å². The van der Waals surface area contributed by atoms with Crippen molar-refractivity contribution in [1.29, 1.82) is 0 Å². The van der Waals surface area contributed by atoms with Crippen LogP contribution in [-0.4, -0.2) is 16.6 Å². The van der Waals surface area contributed by atoms with Gasteiger partial charge < -0.3 is 9.47 Å². The first kappa shape index (κ1) is 13.6. The van der Waals surface area contributed by atoms with Crippen molar-refractivity contribution in [1.82, 2.24) is 9.97 Å². The lowest BCUT2D eigenvalue weighted by atomic mass is 10.3. The summed E-state index contributed by atoms with van der Waals surface area (Å²) >= 11 is 6.02. The van der Waals surface area contributed by atoms with E-state index >= 15 is 0 Å². The zero-order chi connectivity index (χ0) is 13.8. The van der Waals surface area contributed by atoms with Gasteiger partial charge in [0, 0.05) is 6.07 Å². The van der Waals surface area contributed by atoms with Crippen molar-refractivity contribution in [3.8, 4) is 17.4 Å². The Morgan fingerprint density at radius 3 is 2.53 bits per heavy atom. The van der Waals surface area contributed by atoms with Crippen molar-refractivity contribution < 1.29 is 9.47 Å². The maximum absolute atomic E-state index is 6.02. The molecule has 1 heterocycles. The Morgan fingerprint density at radius 2 is 1.79 bits per heavy atom. The molecule has 0 aliphatic rings. The second-order valence-electron chi connectivity index (χ2n) is 4.00. The maximum Gasteiger partial charge on any atom is 0.257 e. The molecule has 0 spiro atoms. The summed E-state index contributed by atoms with van der Waals surface area (Å²) in [6.45, 7) is 6.25. The summed E-state index contributed by atoms with van der Waals surface area (Å²) in [7, 11) is 0. The standard InChI is InChI=1S/C14H15ClN2O2/c1-4-18-11-6-5-7-12(8-11)19-14-13(15)16-9(2)10(3)17-14/h5-8H,4H2,1-3H3. The molecule has 0 bridgehead atoms. The van der Waals surface area contributed by atoms with Gasteiger partial charge in [0.25, 0.3) is 5.88 Å². The molecule has 0 amide bonds. The van der Waals surface area contributed by atoms with Crippen molar-refractivity contribution in [2.75, 3.05) is 6.61 Å². The highest BCUT2D eigenvalue weighted by Gasteiger charge is 2.09. The van der Waals surface area contributed by atoms with Crippen molar-refractivity contribution in [2.24, 2.45) is 0 Å². The predicted molar refractivity (Wildman–Crippen MR) is 74.2 cm³/mol.